The van der Waals surface area contributed by atoms with E-state index in [4.69, 9.17) is 0 Å². The lowest BCUT2D eigenvalue weighted by atomic mass is 10.1. The minimum Gasteiger partial charge on any atom is -0.478 e. The largest absolute Gasteiger partial charge is 0.478 e. The highest BCUT2D eigenvalue weighted by Crippen LogP contribution is 2.32. The number of aromatic carboxylic acids is 1. The van der Waals surface area contributed by atoms with Crippen LogP contribution in [-0.2, 0) is 40.5 Å². The van der Waals surface area contributed by atoms with Gasteiger partial charge in [-0.2, -0.15) is 38.2 Å². The lowest BCUT2D eigenvalue weighted by Gasteiger charge is -2.27. The average Bonchev–Trinajstić information content (AvgIpc) is 2.95. The molecule has 0 aromatic heterocycles. The molecule has 0 amide bonds. The second-order valence-electron chi connectivity index (χ2n) is 11.1. The molecule has 0 bridgehead atoms. The van der Waals surface area contributed by atoms with Crippen LogP contribution in [0.2, 0.25) is 0 Å². The predicted octanol–water partition coefficient (Wildman–Crippen LogP) is 3.68. The van der Waals surface area contributed by atoms with E-state index in [1.807, 2.05) is 0 Å². The third kappa shape index (κ3) is 12.8. The Bertz CT molecular complexity index is 2190. The van der Waals surface area contributed by atoms with Gasteiger partial charge in [0.1, 0.15) is 6.54 Å². The van der Waals surface area contributed by atoms with E-state index in [0.717, 1.165) is 6.07 Å². The van der Waals surface area contributed by atoms with Crippen LogP contribution in [0.1, 0.15) is 48.2 Å². The van der Waals surface area contributed by atoms with Gasteiger partial charge in [-0.15, -0.1) is 0 Å². The maximum Gasteiger partial charge on any atom is 0.336 e. The third-order valence-electron chi connectivity index (χ3n) is 7.23. The molecule has 2 rings (SSSR count). The van der Waals surface area contributed by atoms with E-state index in [0.29, 0.717) is 23.0 Å². The normalized spacial score (nSPS) is 14.0. The van der Waals surface area contributed by atoms with Crippen LogP contribution in [0, 0.1) is 13.8 Å². The van der Waals surface area contributed by atoms with Gasteiger partial charge in [0.15, 0.2) is 10.6 Å². The number of aryl methyl sites for hydroxylation is 1. The summed E-state index contributed by atoms with van der Waals surface area (Å²) in [4.78, 5) is 11.7. The molecular weight excluding hydrogens is 741 g/mol. The molecule has 0 aliphatic rings. The maximum atomic E-state index is 12.3. The van der Waals surface area contributed by atoms with Crippen molar-refractivity contribution in [3.8, 4) is 0 Å². The lowest BCUT2D eigenvalue weighted by molar-refractivity contribution is -0.443. The topological polar surface area (TPSA) is 261 Å². The quantitative estimate of drug-likeness (QED) is 0.0664. The summed E-state index contributed by atoms with van der Waals surface area (Å²) in [6, 6.07) is 6.16. The molecule has 0 unspecified atom stereocenters. The zero-order valence-electron chi connectivity index (χ0n) is 27.5. The summed E-state index contributed by atoms with van der Waals surface area (Å²) >= 11 is 0. The Balaban J connectivity index is 2.61. The van der Waals surface area contributed by atoms with Crippen LogP contribution in [0.3, 0.4) is 0 Å². The molecule has 0 atom stereocenters. The Morgan fingerprint density at radius 1 is 0.820 bits per heavy atom. The van der Waals surface area contributed by atoms with Gasteiger partial charge in [0.25, 0.3) is 30.4 Å². The zero-order valence-corrected chi connectivity index (χ0v) is 30.7. The van der Waals surface area contributed by atoms with Crippen molar-refractivity contribution >= 4 is 63.5 Å². The number of allylic oxidation sites excluding steroid dienone is 6. The molecule has 0 saturated carbocycles. The Morgan fingerprint density at radius 2 is 1.42 bits per heavy atom. The standard InChI is InChI=1S/C30H38N2O14S4/c1-21-19-25(49(41,42)43)20-28(50(44,45)46)29(21)32(16-10-18-48(38,39)40)23(3)12-7-5-6-11-22(2)31(15-9-17-47(35,36)37)27-14-8-13-26(24(27)4)30(33)34/h5-8,11-14,19-20H,9-10,15-18H2,1-4H3,(H4-,33,34,35,36,37,38,39,40,41,42,43,44,45,46)/p+1. The molecule has 0 spiro atoms. The molecule has 0 fully saturated rings. The molecule has 0 aliphatic carbocycles. The number of anilines is 1. The summed E-state index contributed by atoms with van der Waals surface area (Å²) in [5.74, 6) is -2.38. The number of carboxylic acid groups (broad SMARTS) is 1. The molecule has 0 heterocycles. The van der Waals surface area contributed by atoms with E-state index < -0.39 is 67.7 Å². The first kappa shape index (κ1) is 42.4. The van der Waals surface area contributed by atoms with Gasteiger partial charge in [0, 0.05) is 42.9 Å². The summed E-state index contributed by atoms with van der Waals surface area (Å²) in [7, 11) is -18.6. The first-order chi connectivity index (χ1) is 22.8. The van der Waals surface area contributed by atoms with Crippen molar-refractivity contribution in [1.29, 1.82) is 0 Å². The van der Waals surface area contributed by atoms with Crippen LogP contribution in [0.25, 0.3) is 0 Å². The minimum atomic E-state index is -5.09. The van der Waals surface area contributed by atoms with E-state index in [1.54, 1.807) is 49.1 Å². The molecule has 50 heavy (non-hydrogen) atoms. The molecule has 16 nitrogen and oxygen atoms in total. The van der Waals surface area contributed by atoms with Crippen molar-refractivity contribution in [2.75, 3.05) is 29.5 Å². The van der Waals surface area contributed by atoms with Crippen LogP contribution in [0.15, 0.2) is 76.2 Å². The number of hydrogen-bond donors (Lipinski definition) is 5. The molecule has 0 aliphatic heterocycles. The monoisotopic (exact) mass is 779 g/mol. The Kier molecular flexibility index (Phi) is 14.4. The number of carbonyl (C=O) groups is 1. The molecule has 0 saturated heterocycles. The Hall–Kier alpha value is -3.76. The van der Waals surface area contributed by atoms with Crippen LogP contribution in [-0.4, -0.2) is 97.8 Å². The highest BCUT2D eigenvalue weighted by atomic mass is 32.2. The zero-order chi connectivity index (χ0) is 38.2. The molecule has 5 N–H and O–H groups in total. The van der Waals surface area contributed by atoms with Gasteiger partial charge >= 0.3 is 16.1 Å². The van der Waals surface area contributed by atoms with E-state index in [1.165, 1.54) is 36.6 Å². The van der Waals surface area contributed by atoms with Crippen molar-refractivity contribution in [2.24, 2.45) is 0 Å². The predicted molar refractivity (Wildman–Crippen MR) is 186 cm³/mol. The molecule has 20 heteroatoms. The van der Waals surface area contributed by atoms with Gasteiger partial charge in [-0.05, 0) is 63.1 Å². The fourth-order valence-corrected chi connectivity index (χ4v) is 7.40. The fraction of sp³-hybridized carbons (Fsp3) is 0.333. The summed E-state index contributed by atoms with van der Waals surface area (Å²) in [5, 5.41) is 9.56. The average molecular weight is 780 g/mol. The number of nitrogens with zero attached hydrogens (tertiary/aromatic N) is 2. The SMILES string of the molecule is C\C(=C/C=C/C=C/C(C)=[N+](\CCCS(=O)(=O)O)c1c(C)cc(S(=O)(=O)O)cc1S(=O)(=O)O)N(CCCS(=O)(=O)O)c1cccc(C(=O)O)c1C. The highest BCUT2D eigenvalue weighted by Gasteiger charge is 2.31. The van der Waals surface area contributed by atoms with Gasteiger partial charge in [0.2, 0.25) is 5.69 Å². The second kappa shape index (κ2) is 17.0. The van der Waals surface area contributed by atoms with Crippen molar-refractivity contribution in [2.45, 2.75) is 50.3 Å². The highest BCUT2D eigenvalue weighted by molar-refractivity contribution is 7.87. The van der Waals surface area contributed by atoms with Crippen LogP contribution >= 0.6 is 0 Å². The summed E-state index contributed by atoms with van der Waals surface area (Å²) in [5.41, 5.74) is 1.58. The van der Waals surface area contributed by atoms with Gasteiger partial charge in [-0.25, -0.2) is 4.79 Å². The molecule has 0 radical (unpaired) electrons. The summed E-state index contributed by atoms with van der Waals surface area (Å²) < 4.78 is 133. The molecule has 276 valence electrons. The number of hydrogen-bond acceptors (Lipinski definition) is 10. The van der Waals surface area contributed by atoms with Crippen molar-refractivity contribution in [3.05, 3.63) is 83.1 Å². The van der Waals surface area contributed by atoms with E-state index in [2.05, 4.69) is 0 Å². The van der Waals surface area contributed by atoms with Crippen LogP contribution in [0.4, 0.5) is 11.4 Å². The van der Waals surface area contributed by atoms with E-state index in [-0.39, 0.29) is 48.5 Å². The Morgan fingerprint density at radius 3 is 1.96 bits per heavy atom. The fourth-order valence-electron chi connectivity index (χ4n) is 4.95. The van der Waals surface area contributed by atoms with Crippen LogP contribution in [0.5, 0.6) is 0 Å². The van der Waals surface area contributed by atoms with Gasteiger partial charge < -0.3 is 10.0 Å². The second-order valence-corrected chi connectivity index (χ2v) is 17.0. The van der Waals surface area contributed by atoms with E-state index >= 15 is 0 Å². The molecular formula is C30H39N2O14S4+. The number of carboxylic acids is 1. The van der Waals surface area contributed by atoms with Crippen LogP contribution < -0.4 is 4.90 Å². The first-order valence-electron chi connectivity index (χ1n) is 14.6. The number of benzene rings is 2. The smallest absolute Gasteiger partial charge is 0.336 e. The summed E-state index contributed by atoms with van der Waals surface area (Å²) in [6.45, 7) is 6.00. The molecule has 2 aromatic carbocycles. The van der Waals surface area contributed by atoms with E-state index in [9.17, 15) is 61.8 Å². The number of rotatable bonds is 17. The maximum absolute atomic E-state index is 12.3. The van der Waals surface area contributed by atoms with Crippen molar-refractivity contribution in [1.82, 2.24) is 0 Å². The Labute approximate surface area is 291 Å². The first-order valence-corrected chi connectivity index (χ1v) is 20.7. The van der Waals surface area contributed by atoms with Crippen molar-refractivity contribution < 1.29 is 66.4 Å². The van der Waals surface area contributed by atoms with Gasteiger partial charge in [0.05, 0.1) is 22.0 Å². The molecule has 2 aromatic rings. The van der Waals surface area contributed by atoms with Crippen molar-refractivity contribution in [3.63, 3.8) is 0 Å². The summed E-state index contributed by atoms with van der Waals surface area (Å²) in [6.07, 6.45) is 7.58. The minimum absolute atomic E-state index is 0.0159. The van der Waals surface area contributed by atoms with Gasteiger partial charge in [-0.3, -0.25) is 18.2 Å². The lowest BCUT2D eigenvalue weighted by Crippen LogP contribution is -2.25. The third-order valence-corrected chi connectivity index (χ3v) is 10.5. The van der Waals surface area contributed by atoms with Gasteiger partial charge in [-0.1, -0.05) is 24.3 Å².